The van der Waals surface area contributed by atoms with Crippen molar-refractivity contribution < 1.29 is 4.39 Å². The van der Waals surface area contributed by atoms with Gasteiger partial charge in [0.25, 0.3) is 0 Å². The lowest BCUT2D eigenvalue weighted by molar-refractivity contribution is 0.107. The largest absolute Gasteiger partial charge is 0.364 e. The molecular formula is C18H27FN2. The molecule has 1 fully saturated rings. The molecule has 1 aromatic carbocycles. The Labute approximate surface area is 127 Å². The van der Waals surface area contributed by atoms with Gasteiger partial charge < -0.3 is 10.6 Å². The van der Waals surface area contributed by atoms with E-state index in [1.807, 2.05) is 6.07 Å². The lowest BCUT2D eigenvalue weighted by atomic mass is 9.63. The fraction of sp³-hybridized carbons (Fsp3) is 0.667. The number of halogens is 1. The van der Waals surface area contributed by atoms with E-state index in [0.29, 0.717) is 17.9 Å². The molecule has 1 aliphatic heterocycles. The van der Waals surface area contributed by atoms with E-state index >= 15 is 0 Å². The van der Waals surface area contributed by atoms with Crippen LogP contribution in [-0.4, -0.2) is 18.6 Å². The zero-order chi connectivity index (χ0) is 15.3. The number of nitrogens with zero attached hydrogens (tertiary/aromatic N) is 1. The molecule has 0 spiro atoms. The van der Waals surface area contributed by atoms with Gasteiger partial charge >= 0.3 is 0 Å². The molecule has 2 N–H and O–H groups in total. The van der Waals surface area contributed by atoms with Crippen LogP contribution in [0.2, 0.25) is 0 Å². The van der Waals surface area contributed by atoms with Crippen LogP contribution in [0.4, 0.5) is 10.1 Å². The maximum Gasteiger partial charge on any atom is 0.125 e. The van der Waals surface area contributed by atoms with Crippen LogP contribution in [-0.2, 0) is 6.42 Å². The van der Waals surface area contributed by atoms with Crippen LogP contribution in [0.3, 0.4) is 0 Å². The molecule has 21 heavy (non-hydrogen) atoms. The minimum atomic E-state index is -0.143. The first-order valence-corrected chi connectivity index (χ1v) is 8.11. The van der Waals surface area contributed by atoms with Crippen molar-refractivity contribution in [1.29, 1.82) is 0 Å². The molecule has 1 saturated carbocycles. The van der Waals surface area contributed by atoms with Crippen LogP contribution >= 0.6 is 0 Å². The van der Waals surface area contributed by atoms with Gasteiger partial charge in [-0.25, -0.2) is 4.39 Å². The smallest absolute Gasteiger partial charge is 0.125 e. The predicted molar refractivity (Wildman–Crippen MR) is 86.0 cm³/mol. The van der Waals surface area contributed by atoms with E-state index in [1.54, 1.807) is 12.1 Å². The molecule has 0 bridgehead atoms. The van der Waals surface area contributed by atoms with E-state index in [-0.39, 0.29) is 11.4 Å². The van der Waals surface area contributed by atoms with Crippen molar-refractivity contribution in [3.05, 3.63) is 29.6 Å². The van der Waals surface area contributed by atoms with Crippen molar-refractivity contribution in [1.82, 2.24) is 0 Å². The van der Waals surface area contributed by atoms with Crippen LogP contribution in [0.1, 0.15) is 45.6 Å². The number of hydrogen-bond donors (Lipinski definition) is 1. The summed E-state index contributed by atoms with van der Waals surface area (Å²) in [7, 11) is 0. The number of fused-ring (bicyclic) bond motifs is 1. The Morgan fingerprint density at radius 3 is 2.76 bits per heavy atom. The van der Waals surface area contributed by atoms with Crippen LogP contribution in [0.15, 0.2) is 18.2 Å². The molecule has 116 valence electrons. The van der Waals surface area contributed by atoms with Crippen molar-refractivity contribution in [3.63, 3.8) is 0 Å². The van der Waals surface area contributed by atoms with Crippen molar-refractivity contribution in [3.8, 4) is 0 Å². The Morgan fingerprint density at radius 2 is 2.10 bits per heavy atom. The van der Waals surface area contributed by atoms with Crippen LogP contribution < -0.4 is 10.6 Å². The number of rotatable bonds is 2. The van der Waals surface area contributed by atoms with Crippen molar-refractivity contribution >= 4 is 5.69 Å². The second kappa shape index (κ2) is 4.98. The Kier molecular flexibility index (Phi) is 3.52. The first-order valence-electron chi connectivity index (χ1n) is 8.11. The second-order valence-corrected chi connectivity index (χ2v) is 7.96. The molecule has 0 aromatic heterocycles. The van der Waals surface area contributed by atoms with Gasteiger partial charge in [-0.3, -0.25) is 0 Å². The summed E-state index contributed by atoms with van der Waals surface area (Å²) >= 11 is 0. The fourth-order valence-electron chi connectivity index (χ4n) is 5.02. The van der Waals surface area contributed by atoms with E-state index in [2.05, 4.69) is 25.7 Å². The standard InChI is InChI=1S/C18H27FN2/c1-13-9-17(2,3)11-18(10-13,12-20)21-7-6-14-4-5-15(19)8-16(14)21/h4-5,8,13H,6-7,9-12,20H2,1-3H3. The summed E-state index contributed by atoms with van der Waals surface area (Å²) in [5, 5.41) is 0. The highest BCUT2D eigenvalue weighted by atomic mass is 19.1. The molecule has 0 saturated heterocycles. The Balaban J connectivity index is 2.00. The van der Waals surface area contributed by atoms with Crippen LogP contribution in [0.5, 0.6) is 0 Å². The van der Waals surface area contributed by atoms with E-state index in [4.69, 9.17) is 5.73 Å². The minimum absolute atomic E-state index is 0.0137. The van der Waals surface area contributed by atoms with Gasteiger partial charge in [-0.2, -0.15) is 0 Å². The van der Waals surface area contributed by atoms with E-state index < -0.39 is 0 Å². The summed E-state index contributed by atoms with van der Waals surface area (Å²) in [4.78, 5) is 2.42. The minimum Gasteiger partial charge on any atom is -0.364 e. The Hall–Kier alpha value is -1.09. The summed E-state index contributed by atoms with van der Waals surface area (Å²) in [6.07, 6.45) is 4.46. The summed E-state index contributed by atoms with van der Waals surface area (Å²) < 4.78 is 13.7. The quantitative estimate of drug-likeness (QED) is 0.899. The molecule has 0 radical (unpaired) electrons. The molecule has 2 atom stereocenters. The molecular weight excluding hydrogens is 263 g/mol. The Morgan fingerprint density at radius 1 is 1.33 bits per heavy atom. The zero-order valence-corrected chi connectivity index (χ0v) is 13.5. The highest BCUT2D eigenvalue weighted by Gasteiger charge is 2.47. The van der Waals surface area contributed by atoms with Crippen molar-refractivity contribution in [2.24, 2.45) is 17.1 Å². The number of anilines is 1. The molecule has 3 rings (SSSR count). The average molecular weight is 290 g/mol. The topological polar surface area (TPSA) is 29.3 Å². The van der Waals surface area contributed by atoms with Crippen molar-refractivity contribution in [2.45, 2.75) is 52.0 Å². The monoisotopic (exact) mass is 290 g/mol. The molecule has 1 aromatic rings. The number of benzene rings is 1. The maximum atomic E-state index is 13.7. The normalized spacial score (nSPS) is 31.3. The third kappa shape index (κ3) is 2.57. The van der Waals surface area contributed by atoms with E-state index in [0.717, 1.165) is 31.5 Å². The average Bonchev–Trinajstić information content (AvgIpc) is 2.79. The summed E-state index contributed by atoms with van der Waals surface area (Å²) in [5.74, 6) is 0.519. The second-order valence-electron chi connectivity index (χ2n) is 7.96. The van der Waals surface area contributed by atoms with Gasteiger partial charge in [-0.15, -0.1) is 0 Å². The first-order chi connectivity index (χ1) is 9.85. The van der Waals surface area contributed by atoms with Gasteiger partial charge in [0.15, 0.2) is 0 Å². The van der Waals surface area contributed by atoms with Gasteiger partial charge in [0.05, 0.1) is 5.54 Å². The number of hydrogen-bond acceptors (Lipinski definition) is 2. The predicted octanol–water partition coefficient (Wildman–Crippen LogP) is 3.73. The molecule has 2 unspecified atom stereocenters. The lowest BCUT2D eigenvalue weighted by Gasteiger charge is -2.53. The van der Waals surface area contributed by atoms with Crippen molar-refractivity contribution in [2.75, 3.05) is 18.0 Å². The van der Waals surface area contributed by atoms with Gasteiger partial charge in [0, 0.05) is 18.8 Å². The first kappa shape index (κ1) is 14.8. The lowest BCUT2D eigenvalue weighted by Crippen LogP contribution is -2.59. The molecule has 1 heterocycles. The van der Waals surface area contributed by atoms with Gasteiger partial charge in [-0.1, -0.05) is 26.8 Å². The maximum absolute atomic E-state index is 13.7. The fourth-order valence-corrected chi connectivity index (χ4v) is 5.02. The van der Waals surface area contributed by atoms with Crippen LogP contribution in [0, 0.1) is 17.2 Å². The zero-order valence-electron chi connectivity index (χ0n) is 13.5. The summed E-state index contributed by atoms with van der Waals surface area (Å²) in [5.41, 5.74) is 8.88. The third-order valence-corrected chi connectivity index (χ3v) is 5.33. The van der Waals surface area contributed by atoms with Gasteiger partial charge in [0.2, 0.25) is 0 Å². The number of nitrogens with two attached hydrogens (primary N) is 1. The molecule has 2 aliphatic rings. The van der Waals surface area contributed by atoms with Gasteiger partial charge in [0.1, 0.15) is 5.82 Å². The SMILES string of the molecule is CC1CC(C)(C)CC(CN)(N2CCc3ccc(F)cc32)C1. The molecule has 3 heteroatoms. The highest BCUT2D eigenvalue weighted by molar-refractivity contribution is 5.60. The van der Waals surface area contributed by atoms with Gasteiger partial charge in [-0.05, 0) is 54.7 Å². The summed E-state index contributed by atoms with van der Waals surface area (Å²) in [6.45, 7) is 8.63. The van der Waals surface area contributed by atoms with Crippen LogP contribution in [0.25, 0.3) is 0 Å². The molecule has 2 nitrogen and oxygen atoms in total. The summed E-state index contributed by atoms with van der Waals surface area (Å²) in [6, 6.07) is 5.21. The van der Waals surface area contributed by atoms with E-state index in [9.17, 15) is 4.39 Å². The molecule has 0 amide bonds. The third-order valence-electron chi connectivity index (χ3n) is 5.33. The van der Waals surface area contributed by atoms with E-state index in [1.165, 1.54) is 12.0 Å². The highest BCUT2D eigenvalue weighted by Crippen LogP contribution is 2.49. The molecule has 1 aliphatic carbocycles. The Bertz CT molecular complexity index is 540.